The minimum atomic E-state index is -2.60. The summed E-state index contributed by atoms with van der Waals surface area (Å²) in [6.45, 7) is 0. The SMILES string of the molecule is NC(=O)C1=C(O)[C@@]2(O)C(=O)C3=C(O)c4c(O)ccc(-c5cccc(C=O)c5)c4C[C@H]3C[C@H]2CC1=O. The van der Waals surface area contributed by atoms with Crippen molar-refractivity contribution in [3.05, 3.63) is 70.0 Å². The van der Waals surface area contributed by atoms with Crippen LogP contribution in [0.3, 0.4) is 0 Å². The normalized spacial score (nSPS) is 25.6. The predicted octanol–water partition coefficient (Wildman–Crippen LogP) is 1.90. The number of hydrogen-bond acceptors (Lipinski definition) is 8. The predicted molar refractivity (Wildman–Crippen MR) is 122 cm³/mol. The minimum absolute atomic E-state index is 0.00568. The van der Waals surface area contributed by atoms with Crippen LogP contribution >= 0.6 is 0 Å². The molecule has 0 heterocycles. The van der Waals surface area contributed by atoms with Crippen molar-refractivity contribution in [2.45, 2.75) is 24.9 Å². The number of nitrogens with two attached hydrogens (primary N) is 1. The van der Waals surface area contributed by atoms with Crippen molar-refractivity contribution in [2.75, 3.05) is 0 Å². The summed E-state index contributed by atoms with van der Waals surface area (Å²) < 4.78 is 0. The Morgan fingerprint density at radius 3 is 2.51 bits per heavy atom. The number of aliphatic hydroxyl groups is 3. The molecule has 178 valence electrons. The van der Waals surface area contributed by atoms with Gasteiger partial charge in [0.2, 0.25) is 5.78 Å². The van der Waals surface area contributed by atoms with E-state index in [9.17, 15) is 39.6 Å². The fourth-order valence-corrected chi connectivity index (χ4v) is 5.67. The number of amides is 1. The molecule has 0 radical (unpaired) electrons. The molecule has 3 atom stereocenters. The molecule has 0 aromatic heterocycles. The van der Waals surface area contributed by atoms with E-state index in [2.05, 4.69) is 0 Å². The summed E-state index contributed by atoms with van der Waals surface area (Å²) in [7, 11) is 0. The number of carbonyl (C=O) groups is 4. The van der Waals surface area contributed by atoms with Gasteiger partial charge >= 0.3 is 0 Å². The largest absolute Gasteiger partial charge is 0.508 e. The first-order valence-corrected chi connectivity index (χ1v) is 11.0. The van der Waals surface area contributed by atoms with Gasteiger partial charge in [0.15, 0.2) is 11.4 Å². The quantitative estimate of drug-likeness (QED) is 0.330. The second-order valence-corrected chi connectivity index (χ2v) is 9.14. The number of primary amides is 1. The molecule has 2 aromatic carbocycles. The van der Waals surface area contributed by atoms with Crippen LogP contribution in [0.25, 0.3) is 16.9 Å². The molecule has 0 spiro atoms. The zero-order chi connectivity index (χ0) is 25.2. The second kappa shape index (κ2) is 7.64. The molecule has 3 aliphatic carbocycles. The Kier molecular flexibility index (Phi) is 4.92. The monoisotopic (exact) mass is 475 g/mol. The molecule has 0 bridgehead atoms. The third kappa shape index (κ3) is 3.05. The smallest absolute Gasteiger partial charge is 0.255 e. The number of fused-ring (bicyclic) bond motifs is 3. The molecule has 9 nitrogen and oxygen atoms in total. The maximum Gasteiger partial charge on any atom is 0.255 e. The molecule has 0 aliphatic heterocycles. The van der Waals surface area contributed by atoms with Crippen molar-refractivity contribution in [1.29, 1.82) is 0 Å². The first-order valence-electron chi connectivity index (χ1n) is 11.0. The van der Waals surface area contributed by atoms with E-state index in [1.807, 2.05) is 0 Å². The van der Waals surface area contributed by atoms with E-state index in [1.165, 1.54) is 6.07 Å². The zero-order valence-electron chi connectivity index (χ0n) is 18.3. The Labute approximate surface area is 198 Å². The molecule has 0 unspecified atom stereocenters. The number of aldehydes is 1. The lowest BCUT2D eigenvalue weighted by Crippen LogP contribution is -2.58. The first-order chi connectivity index (χ1) is 16.6. The van der Waals surface area contributed by atoms with Gasteiger partial charge in [-0.05, 0) is 47.6 Å². The highest BCUT2D eigenvalue weighted by Gasteiger charge is 2.60. The average molecular weight is 475 g/mol. The highest BCUT2D eigenvalue weighted by atomic mass is 16.3. The first kappa shape index (κ1) is 22.5. The number of aliphatic hydroxyl groups excluding tert-OH is 2. The summed E-state index contributed by atoms with van der Waals surface area (Å²) in [6.07, 6.45) is 0.555. The minimum Gasteiger partial charge on any atom is -0.508 e. The number of carbonyl (C=O) groups excluding carboxylic acids is 4. The van der Waals surface area contributed by atoms with Crippen molar-refractivity contribution >= 4 is 29.5 Å². The van der Waals surface area contributed by atoms with Gasteiger partial charge in [-0.2, -0.15) is 0 Å². The molecule has 2 aromatic rings. The molecular weight excluding hydrogens is 454 g/mol. The van der Waals surface area contributed by atoms with Gasteiger partial charge in [0.25, 0.3) is 5.91 Å². The number of benzene rings is 2. The molecular formula is C26H21NO8. The van der Waals surface area contributed by atoms with E-state index in [4.69, 9.17) is 5.73 Å². The van der Waals surface area contributed by atoms with Crippen LogP contribution in [0, 0.1) is 11.8 Å². The standard InChI is InChI=1S/C26H21NO8/c27-25(34)21-18(30)9-14-7-13-8-16-15(12-3-1-2-11(6-12)10-28)4-5-17(29)20(16)22(31)19(13)23(32)26(14,35)24(21)33/h1-6,10,13-14,29,31,33,35H,7-9H2,(H2,27,34)/t13-,14+,26+/m1/s1. The van der Waals surface area contributed by atoms with Crippen molar-refractivity contribution in [3.63, 3.8) is 0 Å². The van der Waals surface area contributed by atoms with Gasteiger partial charge < -0.3 is 26.2 Å². The number of Topliss-reactive ketones (excluding diaryl/α,β-unsaturated/α-hetero) is 2. The summed E-state index contributed by atoms with van der Waals surface area (Å²) in [5.41, 5.74) is 3.86. The average Bonchev–Trinajstić information content (AvgIpc) is 2.81. The number of ketones is 2. The van der Waals surface area contributed by atoms with Crippen molar-refractivity contribution in [2.24, 2.45) is 17.6 Å². The lowest BCUT2D eigenvalue weighted by Gasteiger charge is -2.46. The van der Waals surface area contributed by atoms with Gasteiger partial charge in [0, 0.05) is 23.5 Å². The van der Waals surface area contributed by atoms with Crippen LogP contribution in [0.4, 0.5) is 0 Å². The Morgan fingerprint density at radius 1 is 1.09 bits per heavy atom. The van der Waals surface area contributed by atoms with Gasteiger partial charge in [0.05, 0.1) is 5.56 Å². The van der Waals surface area contributed by atoms with Crippen molar-refractivity contribution < 1.29 is 39.6 Å². The molecule has 0 saturated heterocycles. The maximum absolute atomic E-state index is 13.5. The fourth-order valence-electron chi connectivity index (χ4n) is 5.67. The van der Waals surface area contributed by atoms with Crippen LogP contribution in [0.2, 0.25) is 0 Å². The van der Waals surface area contributed by atoms with Crippen LogP contribution in [0.15, 0.2) is 53.3 Å². The molecule has 3 aliphatic rings. The number of aromatic hydroxyl groups is 1. The number of phenols is 1. The van der Waals surface area contributed by atoms with Gasteiger partial charge in [-0.25, -0.2) is 0 Å². The van der Waals surface area contributed by atoms with Crippen LogP contribution in [0.1, 0.15) is 34.3 Å². The summed E-state index contributed by atoms with van der Waals surface area (Å²) in [5.74, 6) is -6.70. The zero-order valence-corrected chi connectivity index (χ0v) is 18.3. The third-order valence-corrected chi connectivity index (χ3v) is 7.28. The van der Waals surface area contributed by atoms with E-state index in [1.54, 1.807) is 30.3 Å². The topological polar surface area (TPSA) is 175 Å². The van der Waals surface area contributed by atoms with Crippen LogP contribution in [-0.4, -0.2) is 49.8 Å². The van der Waals surface area contributed by atoms with Crippen LogP contribution < -0.4 is 5.73 Å². The Balaban J connectivity index is 1.71. The number of rotatable bonds is 3. The van der Waals surface area contributed by atoms with Gasteiger partial charge in [0.1, 0.15) is 29.1 Å². The van der Waals surface area contributed by atoms with E-state index in [0.717, 1.165) is 0 Å². The second-order valence-electron chi connectivity index (χ2n) is 9.14. The summed E-state index contributed by atoms with van der Waals surface area (Å²) in [4.78, 5) is 49.0. The Bertz CT molecular complexity index is 1420. The molecule has 1 fully saturated rings. The molecule has 1 amide bonds. The van der Waals surface area contributed by atoms with E-state index < -0.39 is 52.0 Å². The highest BCUT2D eigenvalue weighted by Crippen LogP contribution is 2.53. The summed E-state index contributed by atoms with van der Waals surface area (Å²) >= 11 is 0. The van der Waals surface area contributed by atoms with E-state index in [0.29, 0.717) is 28.5 Å². The van der Waals surface area contributed by atoms with Crippen LogP contribution in [-0.2, 0) is 20.8 Å². The van der Waals surface area contributed by atoms with Gasteiger partial charge in [-0.15, -0.1) is 0 Å². The molecule has 9 heteroatoms. The highest BCUT2D eigenvalue weighted by molar-refractivity contribution is 6.22. The van der Waals surface area contributed by atoms with E-state index in [-0.39, 0.29) is 36.1 Å². The summed E-state index contributed by atoms with van der Waals surface area (Å²) in [6, 6.07) is 9.77. The molecule has 5 rings (SSSR count). The number of hydrogen-bond donors (Lipinski definition) is 5. The van der Waals surface area contributed by atoms with E-state index >= 15 is 0 Å². The molecule has 6 N–H and O–H groups in total. The van der Waals surface area contributed by atoms with Gasteiger partial charge in [-0.1, -0.05) is 24.3 Å². The fraction of sp³-hybridized carbons (Fsp3) is 0.231. The Morgan fingerprint density at radius 2 is 1.83 bits per heavy atom. The van der Waals surface area contributed by atoms with Gasteiger partial charge in [-0.3, -0.25) is 19.2 Å². The van der Waals surface area contributed by atoms with Crippen LogP contribution in [0.5, 0.6) is 5.75 Å². The maximum atomic E-state index is 13.5. The summed E-state index contributed by atoms with van der Waals surface area (Å²) in [5, 5.41) is 43.6. The molecule has 35 heavy (non-hydrogen) atoms. The Hall–Kier alpha value is -4.24. The lowest BCUT2D eigenvalue weighted by molar-refractivity contribution is -0.147. The number of phenolic OH excluding ortho intramolecular Hbond substituents is 1. The van der Waals surface area contributed by atoms with Crippen molar-refractivity contribution in [1.82, 2.24) is 0 Å². The lowest BCUT2D eigenvalue weighted by atomic mass is 9.59. The third-order valence-electron chi connectivity index (χ3n) is 7.28. The van der Waals surface area contributed by atoms with Crippen molar-refractivity contribution in [3.8, 4) is 16.9 Å². The molecule has 1 saturated carbocycles.